The number of aromatic nitrogens is 3. The molecule has 0 saturated carbocycles. The van der Waals surface area contributed by atoms with Crippen LogP contribution in [0.2, 0.25) is 0 Å². The number of fused-ring (bicyclic) bond motifs is 3. The SMILES string of the molecule is Cc1ccc(CNC(=O)c2ccc3ncc4c(=O)n(-c5ccc(C)cc5)[nH]c4c3c2)cc1. The summed E-state index contributed by atoms with van der Waals surface area (Å²) in [5.74, 6) is -0.176. The second-order valence-electron chi connectivity index (χ2n) is 8.03. The third-order valence-electron chi connectivity index (χ3n) is 5.65. The van der Waals surface area contributed by atoms with Crippen molar-refractivity contribution in [1.82, 2.24) is 20.1 Å². The van der Waals surface area contributed by atoms with Crippen LogP contribution < -0.4 is 10.9 Å². The lowest BCUT2D eigenvalue weighted by Gasteiger charge is -2.07. The minimum absolute atomic E-state index is 0.174. The fourth-order valence-electron chi connectivity index (χ4n) is 3.77. The van der Waals surface area contributed by atoms with Gasteiger partial charge in [0.15, 0.2) is 0 Å². The van der Waals surface area contributed by atoms with E-state index in [1.54, 1.807) is 24.4 Å². The van der Waals surface area contributed by atoms with Crippen LogP contribution in [0.25, 0.3) is 27.5 Å². The second kappa shape index (κ2) is 7.81. The van der Waals surface area contributed by atoms with Gasteiger partial charge in [-0.05, 0) is 49.7 Å². The van der Waals surface area contributed by atoms with Crippen molar-refractivity contribution in [2.45, 2.75) is 20.4 Å². The van der Waals surface area contributed by atoms with Crippen molar-refractivity contribution in [2.24, 2.45) is 0 Å². The van der Waals surface area contributed by atoms with E-state index in [1.807, 2.05) is 62.4 Å². The number of hydrogen-bond acceptors (Lipinski definition) is 3. The number of benzene rings is 3. The highest BCUT2D eigenvalue weighted by atomic mass is 16.1. The molecule has 32 heavy (non-hydrogen) atoms. The molecule has 0 aliphatic carbocycles. The fraction of sp³-hybridized carbons (Fsp3) is 0.115. The molecule has 1 amide bonds. The predicted octanol–water partition coefficient (Wildman–Crippen LogP) is 4.41. The number of hydrogen-bond donors (Lipinski definition) is 2. The number of carbonyl (C=O) groups excluding carboxylic acids is 1. The first kappa shape index (κ1) is 19.8. The van der Waals surface area contributed by atoms with Gasteiger partial charge in [-0.15, -0.1) is 0 Å². The first-order chi connectivity index (χ1) is 15.5. The number of rotatable bonds is 4. The molecule has 0 atom stereocenters. The van der Waals surface area contributed by atoms with Crippen LogP contribution >= 0.6 is 0 Å². The highest BCUT2D eigenvalue weighted by Gasteiger charge is 2.14. The number of nitrogens with zero attached hydrogens (tertiary/aromatic N) is 2. The monoisotopic (exact) mass is 422 g/mol. The molecule has 158 valence electrons. The third kappa shape index (κ3) is 3.56. The highest BCUT2D eigenvalue weighted by molar-refractivity contribution is 6.06. The molecule has 2 N–H and O–H groups in total. The molecule has 2 aromatic heterocycles. The van der Waals surface area contributed by atoms with Gasteiger partial charge in [-0.25, -0.2) is 4.68 Å². The summed E-state index contributed by atoms with van der Waals surface area (Å²) in [5.41, 5.74) is 5.79. The van der Waals surface area contributed by atoms with Gasteiger partial charge in [-0.3, -0.25) is 19.7 Å². The Morgan fingerprint density at radius 2 is 1.62 bits per heavy atom. The van der Waals surface area contributed by atoms with Gasteiger partial charge in [-0.2, -0.15) is 0 Å². The normalized spacial score (nSPS) is 11.2. The van der Waals surface area contributed by atoms with Crippen molar-refractivity contribution in [3.63, 3.8) is 0 Å². The molecular weight excluding hydrogens is 400 g/mol. The molecule has 0 spiro atoms. The first-order valence-corrected chi connectivity index (χ1v) is 10.4. The van der Waals surface area contributed by atoms with E-state index in [1.165, 1.54) is 10.2 Å². The van der Waals surface area contributed by atoms with Crippen molar-refractivity contribution in [3.8, 4) is 5.69 Å². The standard InChI is InChI=1S/C26H22N4O2/c1-16-3-7-18(8-4-16)14-28-25(31)19-9-12-23-21(13-19)24-22(15-27-23)26(32)30(29-24)20-10-5-17(2)6-11-20/h3-13,15,29H,14H2,1-2H3,(H,28,31). The fourth-order valence-corrected chi connectivity index (χ4v) is 3.77. The van der Waals surface area contributed by atoms with E-state index in [0.29, 0.717) is 28.5 Å². The van der Waals surface area contributed by atoms with Gasteiger partial charge >= 0.3 is 0 Å². The minimum Gasteiger partial charge on any atom is -0.348 e. The lowest BCUT2D eigenvalue weighted by atomic mass is 10.1. The maximum atomic E-state index is 13.0. The molecule has 0 bridgehead atoms. The van der Waals surface area contributed by atoms with E-state index in [2.05, 4.69) is 15.4 Å². The van der Waals surface area contributed by atoms with Crippen molar-refractivity contribution < 1.29 is 4.79 Å². The molecule has 0 aliphatic rings. The number of aryl methyl sites for hydroxylation is 2. The van der Waals surface area contributed by atoms with Gasteiger partial charge < -0.3 is 5.32 Å². The summed E-state index contributed by atoms with van der Waals surface area (Å²) < 4.78 is 1.51. The number of amides is 1. The Labute approximate surface area is 184 Å². The van der Waals surface area contributed by atoms with Crippen LogP contribution in [0, 0.1) is 13.8 Å². The summed E-state index contributed by atoms with van der Waals surface area (Å²) >= 11 is 0. The van der Waals surface area contributed by atoms with Crippen LogP contribution in [0.5, 0.6) is 0 Å². The Kier molecular flexibility index (Phi) is 4.82. The average Bonchev–Trinajstić information content (AvgIpc) is 3.15. The summed E-state index contributed by atoms with van der Waals surface area (Å²) in [7, 11) is 0. The molecule has 0 fully saturated rings. The number of nitrogens with one attached hydrogen (secondary N) is 2. The van der Waals surface area contributed by atoms with Gasteiger partial charge in [0.2, 0.25) is 0 Å². The third-order valence-corrected chi connectivity index (χ3v) is 5.65. The number of carbonyl (C=O) groups is 1. The van der Waals surface area contributed by atoms with E-state index in [4.69, 9.17) is 0 Å². The topological polar surface area (TPSA) is 79.8 Å². The number of aromatic amines is 1. The van der Waals surface area contributed by atoms with Crippen LogP contribution in [-0.4, -0.2) is 20.7 Å². The lowest BCUT2D eigenvalue weighted by molar-refractivity contribution is 0.0951. The molecule has 3 aromatic carbocycles. The van der Waals surface area contributed by atoms with Crippen LogP contribution in [0.4, 0.5) is 0 Å². The molecular formula is C26H22N4O2. The van der Waals surface area contributed by atoms with Crippen LogP contribution in [0.3, 0.4) is 0 Å². The Bertz CT molecular complexity index is 1510. The lowest BCUT2D eigenvalue weighted by Crippen LogP contribution is -2.22. The van der Waals surface area contributed by atoms with E-state index < -0.39 is 0 Å². The Hall–Kier alpha value is -4.19. The van der Waals surface area contributed by atoms with Crippen molar-refractivity contribution >= 4 is 27.7 Å². The Balaban J connectivity index is 1.52. The zero-order valence-corrected chi connectivity index (χ0v) is 17.8. The maximum Gasteiger partial charge on any atom is 0.280 e. The highest BCUT2D eigenvalue weighted by Crippen LogP contribution is 2.22. The largest absolute Gasteiger partial charge is 0.348 e. The van der Waals surface area contributed by atoms with E-state index in [0.717, 1.165) is 22.2 Å². The molecule has 0 radical (unpaired) electrons. The van der Waals surface area contributed by atoms with Crippen molar-refractivity contribution in [3.05, 3.63) is 106 Å². The molecule has 0 aliphatic heterocycles. The van der Waals surface area contributed by atoms with E-state index in [-0.39, 0.29) is 11.5 Å². The number of pyridine rings is 1. The van der Waals surface area contributed by atoms with Crippen LogP contribution in [0.15, 0.2) is 77.7 Å². The van der Waals surface area contributed by atoms with Gasteiger partial charge in [0.1, 0.15) is 0 Å². The van der Waals surface area contributed by atoms with Crippen LogP contribution in [0.1, 0.15) is 27.0 Å². The van der Waals surface area contributed by atoms with E-state index >= 15 is 0 Å². The Morgan fingerprint density at radius 3 is 2.34 bits per heavy atom. The smallest absolute Gasteiger partial charge is 0.280 e. The molecule has 0 saturated heterocycles. The average molecular weight is 422 g/mol. The zero-order valence-electron chi connectivity index (χ0n) is 17.8. The first-order valence-electron chi connectivity index (χ1n) is 10.4. The van der Waals surface area contributed by atoms with Crippen molar-refractivity contribution in [2.75, 3.05) is 0 Å². The summed E-state index contributed by atoms with van der Waals surface area (Å²) in [4.78, 5) is 30.2. The van der Waals surface area contributed by atoms with Gasteiger partial charge in [0.05, 0.1) is 22.1 Å². The van der Waals surface area contributed by atoms with Gasteiger partial charge in [0.25, 0.3) is 11.5 Å². The van der Waals surface area contributed by atoms with Gasteiger partial charge in [0, 0.05) is 23.7 Å². The quantitative estimate of drug-likeness (QED) is 0.450. The summed E-state index contributed by atoms with van der Waals surface area (Å²) in [6.45, 7) is 4.48. The maximum absolute atomic E-state index is 13.0. The predicted molar refractivity (Wildman–Crippen MR) is 126 cm³/mol. The molecule has 6 heteroatoms. The summed E-state index contributed by atoms with van der Waals surface area (Å²) in [6, 6.07) is 21.1. The molecule has 0 unspecified atom stereocenters. The molecule has 5 rings (SSSR count). The molecule has 2 heterocycles. The second-order valence-corrected chi connectivity index (χ2v) is 8.03. The summed E-state index contributed by atoms with van der Waals surface area (Å²) in [5, 5.41) is 7.37. The molecule has 6 nitrogen and oxygen atoms in total. The Morgan fingerprint density at radius 1 is 0.938 bits per heavy atom. The molecule has 5 aromatic rings. The minimum atomic E-state index is -0.176. The number of H-pyrrole nitrogens is 1. The zero-order chi connectivity index (χ0) is 22.2. The van der Waals surface area contributed by atoms with Gasteiger partial charge in [-0.1, -0.05) is 47.5 Å². The van der Waals surface area contributed by atoms with Crippen molar-refractivity contribution in [1.29, 1.82) is 0 Å². The van der Waals surface area contributed by atoms with Crippen LogP contribution in [-0.2, 0) is 6.54 Å². The van der Waals surface area contributed by atoms with E-state index in [9.17, 15) is 9.59 Å². The summed E-state index contributed by atoms with van der Waals surface area (Å²) in [6.07, 6.45) is 1.58.